The summed E-state index contributed by atoms with van der Waals surface area (Å²) in [6.45, 7) is 3.92. The number of carbonyl (C=O) groups excluding carboxylic acids is 2. The van der Waals surface area contributed by atoms with Crippen molar-refractivity contribution >= 4 is 11.7 Å². The zero-order chi connectivity index (χ0) is 20.4. The molecule has 1 aliphatic heterocycles. The van der Waals surface area contributed by atoms with E-state index in [4.69, 9.17) is 0 Å². The summed E-state index contributed by atoms with van der Waals surface area (Å²) in [4.78, 5) is 29.0. The lowest BCUT2D eigenvalue weighted by Crippen LogP contribution is -2.52. The van der Waals surface area contributed by atoms with E-state index in [0.717, 1.165) is 11.1 Å². The second-order valence-corrected chi connectivity index (χ2v) is 8.17. The highest BCUT2D eigenvalue weighted by Gasteiger charge is 2.50. The number of likely N-dealkylation sites (tertiary alicyclic amines) is 1. The maximum absolute atomic E-state index is 13.8. The molecular formula is C26H25NO2. The molecule has 0 bridgehead atoms. The van der Waals surface area contributed by atoms with Gasteiger partial charge in [0.05, 0.1) is 12.1 Å². The van der Waals surface area contributed by atoms with Crippen molar-refractivity contribution in [3.8, 4) is 0 Å². The Morgan fingerprint density at radius 1 is 0.793 bits per heavy atom. The molecule has 3 nitrogen and oxygen atoms in total. The van der Waals surface area contributed by atoms with Crippen molar-refractivity contribution in [1.29, 1.82) is 0 Å². The number of nitrogens with zero attached hydrogens (tertiary/aromatic N) is 1. The van der Waals surface area contributed by atoms with E-state index in [1.165, 1.54) is 0 Å². The topological polar surface area (TPSA) is 37.4 Å². The van der Waals surface area contributed by atoms with E-state index in [9.17, 15) is 9.59 Å². The number of Topliss-reactive ketones (excluding diaryl/α,β-unsaturated/α-hetero) is 1. The van der Waals surface area contributed by atoms with Crippen LogP contribution < -0.4 is 0 Å². The van der Waals surface area contributed by atoms with Crippen LogP contribution in [0.4, 0.5) is 0 Å². The van der Waals surface area contributed by atoms with Gasteiger partial charge in [-0.2, -0.15) is 0 Å². The molecule has 29 heavy (non-hydrogen) atoms. The highest BCUT2D eigenvalue weighted by atomic mass is 16.2. The summed E-state index contributed by atoms with van der Waals surface area (Å²) in [6.07, 6.45) is 0.318. The molecule has 1 amide bonds. The Bertz CT molecular complexity index is 997. The predicted octanol–water partition coefficient (Wildman–Crippen LogP) is 5.61. The fraction of sp³-hybridized carbons (Fsp3) is 0.231. The van der Waals surface area contributed by atoms with Crippen LogP contribution in [-0.2, 0) is 4.79 Å². The summed E-state index contributed by atoms with van der Waals surface area (Å²) in [5.74, 6) is 0.131. The van der Waals surface area contributed by atoms with E-state index >= 15 is 0 Å². The molecular weight excluding hydrogens is 358 g/mol. The molecule has 3 heteroatoms. The zero-order valence-corrected chi connectivity index (χ0v) is 16.8. The molecule has 0 saturated carbocycles. The van der Waals surface area contributed by atoms with Gasteiger partial charge in [0, 0.05) is 17.4 Å². The van der Waals surface area contributed by atoms with Gasteiger partial charge >= 0.3 is 0 Å². The van der Waals surface area contributed by atoms with Gasteiger partial charge in [-0.1, -0.05) is 92.7 Å². The Balaban J connectivity index is 1.90. The Kier molecular flexibility index (Phi) is 5.06. The molecule has 1 aliphatic rings. The van der Waals surface area contributed by atoms with Crippen molar-refractivity contribution in [2.24, 2.45) is 5.41 Å². The molecule has 3 aromatic carbocycles. The second kappa shape index (κ2) is 7.67. The standard InChI is InChI=1S/C26H25NO2/c1-26(2)23(28)18-22(19-12-6-3-7-13-19)27(24(26)20-14-8-4-9-15-20)25(29)21-16-10-5-11-17-21/h3-17,22,24H,18H2,1-2H3/t22-,24-/m1/s1. The highest BCUT2D eigenvalue weighted by Crippen LogP contribution is 2.50. The third-order valence-corrected chi connectivity index (χ3v) is 5.95. The van der Waals surface area contributed by atoms with Crippen LogP contribution in [0.3, 0.4) is 0 Å². The molecule has 2 atom stereocenters. The monoisotopic (exact) mass is 383 g/mol. The number of benzene rings is 3. The molecule has 1 saturated heterocycles. The Morgan fingerprint density at radius 3 is 1.83 bits per heavy atom. The van der Waals surface area contributed by atoms with Crippen LogP contribution in [0.15, 0.2) is 91.0 Å². The summed E-state index contributed by atoms with van der Waals surface area (Å²) >= 11 is 0. The quantitative estimate of drug-likeness (QED) is 0.589. The first-order valence-corrected chi connectivity index (χ1v) is 10.0. The number of rotatable bonds is 3. The van der Waals surface area contributed by atoms with Gasteiger partial charge in [0.25, 0.3) is 5.91 Å². The van der Waals surface area contributed by atoms with E-state index in [0.29, 0.717) is 12.0 Å². The Hall–Kier alpha value is -3.20. The third kappa shape index (κ3) is 3.49. The minimum atomic E-state index is -0.683. The van der Waals surface area contributed by atoms with Crippen LogP contribution in [0, 0.1) is 5.41 Å². The zero-order valence-electron chi connectivity index (χ0n) is 16.8. The van der Waals surface area contributed by atoms with Gasteiger partial charge < -0.3 is 4.90 Å². The lowest BCUT2D eigenvalue weighted by Gasteiger charge is -2.50. The predicted molar refractivity (Wildman–Crippen MR) is 114 cm³/mol. The van der Waals surface area contributed by atoms with Gasteiger partial charge in [-0.3, -0.25) is 9.59 Å². The minimum absolute atomic E-state index is 0.0473. The summed E-state index contributed by atoms with van der Waals surface area (Å²) in [5.41, 5.74) is 1.92. The summed E-state index contributed by atoms with van der Waals surface area (Å²) in [5, 5.41) is 0. The normalized spacial score (nSPS) is 21.0. The summed E-state index contributed by atoms with van der Waals surface area (Å²) < 4.78 is 0. The SMILES string of the molecule is CC1(C)C(=O)C[C@H](c2ccccc2)N(C(=O)c2ccccc2)[C@@H]1c1ccccc1. The van der Waals surface area contributed by atoms with E-state index in [1.807, 2.05) is 110 Å². The van der Waals surface area contributed by atoms with Crippen molar-refractivity contribution in [3.05, 3.63) is 108 Å². The maximum atomic E-state index is 13.8. The average Bonchev–Trinajstić information content (AvgIpc) is 2.76. The fourth-order valence-electron chi connectivity index (χ4n) is 4.37. The molecule has 4 rings (SSSR count). The molecule has 3 aromatic rings. The van der Waals surface area contributed by atoms with Crippen molar-refractivity contribution < 1.29 is 9.59 Å². The molecule has 0 N–H and O–H groups in total. The lowest BCUT2D eigenvalue weighted by molar-refractivity contribution is -0.137. The number of hydrogen-bond donors (Lipinski definition) is 0. The van der Waals surface area contributed by atoms with Gasteiger partial charge in [0.15, 0.2) is 0 Å². The second-order valence-electron chi connectivity index (χ2n) is 8.17. The Morgan fingerprint density at radius 2 is 1.28 bits per heavy atom. The van der Waals surface area contributed by atoms with Gasteiger partial charge in [-0.25, -0.2) is 0 Å². The van der Waals surface area contributed by atoms with Crippen LogP contribution in [-0.4, -0.2) is 16.6 Å². The molecule has 0 aromatic heterocycles. The van der Waals surface area contributed by atoms with Crippen molar-refractivity contribution in [3.63, 3.8) is 0 Å². The van der Waals surface area contributed by atoms with E-state index < -0.39 is 5.41 Å². The first kappa shape index (κ1) is 19.1. The molecule has 1 heterocycles. The number of amides is 1. The fourth-order valence-corrected chi connectivity index (χ4v) is 4.37. The number of hydrogen-bond acceptors (Lipinski definition) is 2. The first-order valence-electron chi connectivity index (χ1n) is 10.0. The largest absolute Gasteiger partial charge is 0.323 e. The van der Waals surface area contributed by atoms with Crippen molar-refractivity contribution in [1.82, 2.24) is 4.90 Å². The summed E-state index contributed by atoms with van der Waals surface area (Å²) in [6, 6.07) is 28.5. The van der Waals surface area contributed by atoms with E-state index in [2.05, 4.69) is 0 Å². The van der Waals surface area contributed by atoms with E-state index in [-0.39, 0.29) is 23.8 Å². The number of carbonyl (C=O) groups is 2. The van der Waals surface area contributed by atoms with E-state index in [1.54, 1.807) is 0 Å². The first-order chi connectivity index (χ1) is 14.0. The smallest absolute Gasteiger partial charge is 0.254 e. The van der Waals surface area contributed by atoms with Gasteiger partial charge in [-0.05, 0) is 23.3 Å². The van der Waals surface area contributed by atoms with Gasteiger partial charge in [-0.15, -0.1) is 0 Å². The van der Waals surface area contributed by atoms with Crippen molar-refractivity contribution in [2.75, 3.05) is 0 Å². The molecule has 0 unspecified atom stereocenters. The third-order valence-electron chi connectivity index (χ3n) is 5.95. The van der Waals surface area contributed by atoms with Gasteiger partial charge in [0.1, 0.15) is 5.78 Å². The average molecular weight is 383 g/mol. The highest BCUT2D eigenvalue weighted by molar-refractivity contribution is 5.97. The van der Waals surface area contributed by atoms with Crippen LogP contribution in [0.1, 0.15) is 53.8 Å². The Labute approximate surface area is 172 Å². The van der Waals surface area contributed by atoms with Crippen LogP contribution in [0.2, 0.25) is 0 Å². The van der Waals surface area contributed by atoms with Crippen LogP contribution in [0.25, 0.3) is 0 Å². The molecule has 0 radical (unpaired) electrons. The number of piperidine rings is 1. The number of ketones is 1. The van der Waals surface area contributed by atoms with Gasteiger partial charge in [0.2, 0.25) is 0 Å². The summed E-state index contributed by atoms with van der Waals surface area (Å²) in [7, 11) is 0. The molecule has 1 fully saturated rings. The molecule has 0 spiro atoms. The molecule has 0 aliphatic carbocycles. The minimum Gasteiger partial charge on any atom is -0.323 e. The van der Waals surface area contributed by atoms with Crippen LogP contribution in [0.5, 0.6) is 0 Å². The maximum Gasteiger partial charge on any atom is 0.254 e. The van der Waals surface area contributed by atoms with Crippen LogP contribution >= 0.6 is 0 Å². The lowest BCUT2D eigenvalue weighted by atomic mass is 9.69. The molecule has 146 valence electrons. The van der Waals surface area contributed by atoms with Crippen molar-refractivity contribution in [2.45, 2.75) is 32.4 Å².